The van der Waals surface area contributed by atoms with E-state index in [9.17, 15) is 9.90 Å². The Morgan fingerprint density at radius 1 is 1.35 bits per heavy atom. The molecule has 0 spiro atoms. The lowest BCUT2D eigenvalue weighted by atomic mass is 10.1. The van der Waals surface area contributed by atoms with Gasteiger partial charge >= 0.3 is 0 Å². The normalized spacial score (nSPS) is 18.2. The lowest BCUT2D eigenvalue weighted by Gasteiger charge is -2.18. The first kappa shape index (κ1) is 15.7. The number of aliphatic hydroxyl groups excluding tert-OH is 1. The van der Waals surface area contributed by atoms with Gasteiger partial charge in [-0.15, -0.1) is 0 Å². The minimum atomic E-state index is -0.211. The zero-order chi connectivity index (χ0) is 16.1. The molecule has 2 heterocycles. The quantitative estimate of drug-likeness (QED) is 0.826. The second kappa shape index (κ2) is 7.39. The van der Waals surface area contributed by atoms with Crippen LogP contribution in [0.25, 0.3) is 0 Å². The number of amides is 1. The number of aromatic nitrogens is 2. The standard InChI is InChI=1S/C17H22N4O2/c22-16-5-7-20(11-16)10-15-4-2-1-3-14(15)9-19-17(23)12-21-8-6-18-13-21/h1-4,6,8,13,16,22H,5,7,9-12H2,(H,19,23). The van der Waals surface area contributed by atoms with Crippen molar-refractivity contribution in [2.24, 2.45) is 0 Å². The minimum Gasteiger partial charge on any atom is -0.392 e. The molecular weight excluding hydrogens is 292 g/mol. The molecule has 0 radical (unpaired) electrons. The summed E-state index contributed by atoms with van der Waals surface area (Å²) in [6, 6.07) is 8.12. The lowest BCUT2D eigenvalue weighted by molar-refractivity contribution is -0.121. The van der Waals surface area contributed by atoms with E-state index in [1.54, 1.807) is 23.3 Å². The summed E-state index contributed by atoms with van der Waals surface area (Å²) in [5, 5.41) is 12.6. The van der Waals surface area contributed by atoms with E-state index in [-0.39, 0.29) is 18.6 Å². The van der Waals surface area contributed by atoms with Gasteiger partial charge in [-0.25, -0.2) is 4.98 Å². The number of carbonyl (C=O) groups excluding carboxylic acids is 1. The van der Waals surface area contributed by atoms with Gasteiger partial charge in [-0.2, -0.15) is 0 Å². The van der Waals surface area contributed by atoms with E-state index in [1.165, 1.54) is 5.56 Å². The predicted molar refractivity (Wildman–Crippen MR) is 86.4 cm³/mol. The number of β-amino-alcohol motifs (C(OH)–C–C–N with tert-alkyl or cyclic N) is 1. The summed E-state index contributed by atoms with van der Waals surface area (Å²) >= 11 is 0. The van der Waals surface area contributed by atoms with Gasteiger partial charge in [0.15, 0.2) is 0 Å². The van der Waals surface area contributed by atoms with Gasteiger partial charge in [0.25, 0.3) is 0 Å². The van der Waals surface area contributed by atoms with Crippen LogP contribution in [-0.4, -0.2) is 44.7 Å². The number of likely N-dealkylation sites (tertiary alicyclic amines) is 1. The van der Waals surface area contributed by atoms with Crippen molar-refractivity contribution in [2.45, 2.75) is 32.2 Å². The molecule has 1 atom stereocenters. The summed E-state index contributed by atoms with van der Waals surface area (Å²) in [5.41, 5.74) is 2.32. The topological polar surface area (TPSA) is 70.4 Å². The average Bonchev–Trinajstić information content (AvgIpc) is 3.18. The number of rotatable bonds is 6. The van der Waals surface area contributed by atoms with Gasteiger partial charge in [0.05, 0.1) is 12.4 Å². The van der Waals surface area contributed by atoms with Crippen LogP contribution in [0.1, 0.15) is 17.5 Å². The Kier molecular flexibility index (Phi) is 5.05. The molecule has 2 aromatic rings. The summed E-state index contributed by atoms with van der Waals surface area (Å²) in [6.07, 6.45) is 5.69. The van der Waals surface area contributed by atoms with E-state index in [0.717, 1.165) is 31.6 Å². The molecule has 1 unspecified atom stereocenters. The molecule has 3 rings (SSSR count). The molecule has 1 amide bonds. The van der Waals surface area contributed by atoms with Crippen molar-refractivity contribution in [3.63, 3.8) is 0 Å². The van der Waals surface area contributed by atoms with Gasteiger partial charge in [-0.05, 0) is 17.5 Å². The van der Waals surface area contributed by atoms with E-state index >= 15 is 0 Å². The molecule has 23 heavy (non-hydrogen) atoms. The maximum atomic E-state index is 12.0. The molecule has 1 aliphatic heterocycles. The summed E-state index contributed by atoms with van der Waals surface area (Å²) in [7, 11) is 0. The predicted octanol–water partition coefficient (Wildman–Crippen LogP) is 0.766. The van der Waals surface area contributed by atoms with Crippen LogP contribution in [0.15, 0.2) is 43.0 Å². The van der Waals surface area contributed by atoms with Gasteiger partial charge in [-0.1, -0.05) is 24.3 Å². The lowest BCUT2D eigenvalue weighted by Crippen LogP contribution is -2.28. The molecule has 122 valence electrons. The van der Waals surface area contributed by atoms with E-state index in [4.69, 9.17) is 0 Å². The largest absolute Gasteiger partial charge is 0.392 e. The molecule has 0 aliphatic carbocycles. The molecule has 0 bridgehead atoms. The van der Waals surface area contributed by atoms with E-state index < -0.39 is 0 Å². The Labute approximate surface area is 135 Å². The first-order valence-electron chi connectivity index (χ1n) is 7.90. The smallest absolute Gasteiger partial charge is 0.240 e. The van der Waals surface area contributed by atoms with E-state index in [0.29, 0.717) is 6.54 Å². The number of hydrogen-bond donors (Lipinski definition) is 2. The van der Waals surface area contributed by atoms with Gasteiger partial charge in [0.2, 0.25) is 5.91 Å². The van der Waals surface area contributed by atoms with Crippen LogP contribution in [-0.2, 0) is 24.4 Å². The maximum absolute atomic E-state index is 12.0. The van der Waals surface area contributed by atoms with E-state index in [1.807, 2.05) is 18.2 Å². The highest BCUT2D eigenvalue weighted by Crippen LogP contribution is 2.16. The van der Waals surface area contributed by atoms with Crippen LogP contribution in [0, 0.1) is 0 Å². The minimum absolute atomic E-state index is 0.0330. The van der Waals surface area contributed by atoms with E-state index in [2.05, 4.69) is 21.3 Å². The zero-order valence-electron chi connectivity index (χ0n) is 13.1. The molecule has 1 aliphatic rings. The Morgan fingerprint density at radius 3 is 2.87 bits per heavy atom. The van der Waals surface area contributed by atoms with Crippen molar-refractivity contribution in [3.8, 4) is 0 Å². The molecule has 0 saturated carbocycles. The number of imidazole rings is 1. The third-order valence-corrected chi connectivity index (χ3v) is 4.12. The summed E-state index contributed by atoms with van der Waals surface area (Å²) in [6.45, 7) is 3.25. The number of benzene rings is 1. The number of hydrogen-bond acceptors (Lipinski definition) is 4. The highest BCUT2D eigenvalue weighted by atomic mass is 16.3. The molecule has 6 nitrogen and oxygen atoms in total. The Bertz CT molecular complexity index is 642. The van der Waals surface area contributed by atoms with Crippen molar-refractivity contribution in [1.29, 1.82) is 0 Å². The third kappa shape index (κ3) is 4.40. The van der Waals surface area contributed by atoms with Crippen LogP contribution >= 0.6 is 0 Å². The fraction of sp³-hybridized carbons (Fsp3) is 0.412. The van der Waals surface area contributed by atoms with Crippen molar-refractivity contribution in [2.75, 3.05) is 13.1 Å². The molecule has 1 aromatic carbocycles. The molecule has 1 saturated heterocycles. The summed E-state index contributed by atoms with van der Waals surface area (Å²) in [5.74, 6) is -0.0330. The second-order valence-electron chi connectivity index (χ2n) is 5.96. The number of carbonyl (C=O) groups is 1. The summed E-state index contributed by atoms with van der Waals surface area (Å²) < 4.78 is 1.74. The fourth-order valence-electron chi connectivity index (χ4n) is 2.88. The number of nitrogens with one attached hydrogen (secondary N) is 1. The molecular formula is C17H22N4O2. The van der Waals surface area contributed by atoms with Crippen LogP contribution in [0.4, 0.5) is 0 Å². The SMILES string of the molecule is O=C(Cn1ccnc1)NCc1ccccc1CN1CCC(O)C1. The monoisotopic (exact) mass is 314 g/mol. The molecule has 6 heteroatoms. The van der Waals surface area contributed by atoms with Gasteiger partial charge in [0, 0.05) is 38.6 Å². The van der Waals surface area contributed by atoms with Gasteiger partial charge < -0.3 is 15.0 Å². The highest BCUT2D eigenvalue weighted by Gasteiger charge is 2.20. The van der Waals surface area contributed by atoms with Crippen LogP contribution < -0.4 is 5.32 Å². The highest BCUT2D eigenvalue weighted by molar-refractivity contribution is 5.75. The molecule has 1 fully saturated rings. The van der Waals surface area contributed by atoms with Crippen LogP contribution in [0.2, 0.25) is 0 Å². The second-order valence-corrected chi connectivity index (χ2v) is 5.96. The fourth-order valence-corrected chi connectivity index (χ4v) is 2.88. The first-order valence-corrected chi connectivity index (χ1v) is 7.90. The maximum Gasteiger partial charge on any atom is 0.240 e. The summed E-state index contributed by atoms with van der Waals surface area (Å²) in [4.78, 5) is 18.2. The number of aliphatic hydroxyl groups is 1. The first-order chi connectivity index (χ1) is 11.2. The van der Waals surface area contributed by atoms with Crippen molar-refractivity contribution >= 4 is 5.91 Å². The van der Waals surface area contributed by atoms with Crippen LogP contribution in [0.5, 0.6) is 0 Å². The van der Waals surface area contributed by atoms with Crippen LogP contribution in [0.3, 0.4) is 0 Å². The van der Waals surface area contributed by atoms with Crippen molar-refractivity contribution in [1.82, 2.24) is 19.8 Å². The Balaban J connectivity index is 1.56. The van der Waals surface area contributed by atoms with Crippen molar-refractivity contribution < 1.29 is 9.90 Å². The number of nitrogens with zero attached hydrogens (tertiary/aromatic N) is 3. The van der Waals surface area contributed by atoms with Gasteiger partial charge in [0.1, 0.15) is 6.54 Å². The Hall–Kier alpha value is -2.18. The van der Waals surface area contributed by atoms with Gasteiger partial charge in [-0.3, -0.25) is 9.69 Å². The molecule has 1 aromatic heterocycles. The third-order valence-electron chi connectivity index (χ3n) is 4.12. The zero-order valence-corrected chi connectivity index (χ0v) is 13.1. The van der Waals surface area contributed by atoms with Crippen molar-refractivity contribution in [3.05, 3.63) is 54.1 Å². The average molecular weight is 314 g/mol. The molecule has 2 N–H and O–H groups in total. The Morgan fingerprint density at radius 2 is 2.17 bits per heavy atom.